The SMILES string of the molecule is CC(C)[C@@H]1NC(=O)[C@H](C)NC(=O)[C@H](C)NC(=O)[C@@H]2CCCN2C(=O)[C@H]2CCCN2C(=O)[C@H](C)NC(=O)[C@H](C)NC(=O)[C@H](CCCCN)NC(=O)[C@H](CCCCN)NC(=O)[C@H](CCCN=C(N)N)NC1=O. The first-order valence-electron chi connectivity index (χ1n) is 24.6. The van der Waals surface area contributed by atoms with Gasteiger partial charge in [-0.05, 0) is 124 Å². The Morgan fingerprint density at radius 2 is 0.900 bits per heavy atom. The van der Waals surface area contributed by atoms with E-state index in [0.717, 1.165) is 0 Å². The second-order valence-corrected chi connectivity index (χ2v) is 18.7. The van der Waals surface area contributed by atoms with E-state index in [1.807, 2.05) is 0 Å². The van der Waals surface area contributed by atoms with Crippen molar-refractivity contribution < 1.29 is 47.9 Å². The average Bonchev–Trinajstić information content (AvgIpc) is 4.01. The summed E-state index contributed by atoms with van der Waals surface area (Å²) in [6.45, 7) is 10.1. The van der Waals surface area contributed by atoms with Crippen molar-refractivity contribution in [1.82, 2.24) is 52.3 Å². The Morgan fingerprint density at radius 3 is 1.39 bits per heavy atom. The molecule has 0 aromatic heterocycles. The van der Waals surface area contributed by atoms with E-state index < -0.39 is 125 Å². The van der Waals surface area contributed by atoms with Crippen molar-refractivity contribution in [3.8, 4) is 0 Å². The molecule has 3 rings (SSSR count). The molecule has 394 valence electrons. The number of rotatable bonds is 13. The van der Waals surface area contributed by atoms with Gasteiger partial charge in [0.25, 0.3) is 0 Å². The van der Waals surface area contributed by atoms with Crippen molar-refractivity contribution in [2.75, 3.05) is 32.7 Å². The Morgan fingerprint density at radius 1 is 0.500 bits per heavy atom. The highest BCUT2D eigenvalue weighted by molar-refractivity contribution is 5.99. The highest BCUT2D eigenvalue weighted by Gasteiger charge is 2.44. The fourth-order valence-corrected chi connectivity index (χ4v) is 8.50. The fraction of sp³-hybridized carbons (Fsp3) is 0.756. The molecule has 0 bridgehead atoms. The zero-order valence-corrected chi connectivity index (χ0v) is 41.6. The number of nitrogens with zero attached hydrogens (tertiary/aromatic N) is 3. The summed E-state index contributed by atoms with van der Waals surface area (Å²) in [4.78, 5) is 145. The molecule has 0 aromatic rings. The molecule has 70 heavy (non-hydrogen) atoms. The first-order chi connectivity index (χ1) is 33.1. The monoisotopic (exact) mass is 990 g/mol. The number of hydrogen-bond acceptors (Lipinski definition) is 13. The second-order valence-electron chi connectivity index (χ2n) is 18.7. The van der Waals surface area contributed by atoms with Gasteiger partial charge in [-0.1, -0.05) is 13.8 Å². The number of guanidine groups is 1. The molecule has 0 radical (unpaired) electrons. The van der Waals surface area contributed by atoms with Gasteiger partial charge in [-0.15, -0.1) is 0 Å². The molecule has 10 amide bonds. The zero-order chi connectivity index (χ0) is 52.2. The normalized spacial score (nSPS) is 28.8. The van der Waals surface area contributed by atoms with Crippen molar-refractivity contribution in [3.05, 3.63) is 0 Å². The lowest BCUT2D eigenvalue weighted by Crippen LogP contribution is -2.61. The first kappa shape index (κ1) is 58.2. The molecular weight excluding hydrogens is 911 g/mol. The summed E-state index contributed by atoms with van der Waals surface area (Å²) in [5.41, 5.74) is 22.5. The molecule has 3 heterocycles. The topological polar surface area (TPSA) is 390 Å². The van der Waals surface area contributed by atoms with Gasteiger partial charge in [-0.2, -0.15) is 0 Å². The Hall–Kier alpha value is -6.11. The molecule has 3 aliphatic rings. The molecule has 3 fully saturated rings. The Kier molecular flexibility index (Phi) is 23.7. The fourth-order valence-electron chi connectivity index (χ4n) is 8.50. The number of carbonyl (C=O) groups excluding carboxylic acids is 10. The highest BCUT2D eigenvalue weighted by Crippen LogP contribution is 2.26. The number of nitrogens with one attached hydrogen (secondary N) is 8. The van der Waals surface area contributed by atoms with Gasteiger partial charge in [0.15, 0.2) is 5.96 Å². The van der Waals surface area contributed by atoms with Gasteiger partial charge < -0.3 is 75.3 Å². The van der Waals surface area contributed by atoms with Crippen LogP contribution in [0.2, 0.25) is 0 Å². The van der Waals surface area contributed by atoms with Gasteiger partial charge in [0, 0.05) is 19.6 Å². The predicted octanol–water partition coefficient (Wildman–Crippen LogP) is -4.09. The zero-order valence-electron chi connectivity index (χ0n) is 41.6. The van der Waals surface area contributed by atoms with E-state index in [-0.39, 0.29) is 57.8 Å². The summed E-state index contributed by atoms with van der Waals surface area (Å²) >= 11 is 0. The van der Waals surface area contributed by atoms with Crippen molar-refractivity contribution >= 4 is 65.0 Å². The van der Waals surface area contributed by atoms with Crippen LogP contribution in [0.5, 0.6) is 0 Å². The molecule has 25 nitrogen and oxygen atoms in total. The largest absolute Gasteiger partial charge is 0.370 e. The lowest BCUT2D eigenvalue weighted by Gasteiger charge is -2.33. The Balaban J connectivity index is 2.03. The molecule has 0 spiro atoms. The molecule has 25 heteroatoms. The summed E-state index contributed by atoms with van der Waals surface area (Å²) < 4.78 is 0. The minimum Gasteiger partial charge on any atom is -0.370 e. The van der Waals surface area contributed by atoms with Crippen LogP contribution < -0.4 is 65.5 Å². The maximum absolute atomic E-state index is 14.2. The van der Waals surface area contributed by atoms with Gasteiger partial charge in [0.1, 0.15) is 60.4 Å². The van der Waals surface area contributed by atoms with Crippen LogP contribution in [0.15, 0.2) is 4.99 Å². The number of fused-ring (bicyclic) bond motifs is 2. The summed E-state index contributed by atoms with van der Waals surface area (Å²) in [6, 6.07) is -11.5. The molecule has 3 aliphatic heterocycles. The van der Waals surface area contributed by atoms with Crippen LogP contribution >= 0.6 is 0 Å². The van der Waals surface area contributed by atoms with E-state index in [2.05, 4.69) is 47.5 Å². The lowest BCUT2D eigenvalue weighted by molar-refractivity contribution is -0.148. The maximum atomic E-state index is 14.2. The summed E-state index contributed by atoms with van der Waals surface area (Å²) in [6.07, 6.45) is 3.76. The molecule has 3 saturated heterocycles. The highest BCUT2D eigenvalue weighted by atomic mass is 16.2. The quantitative estimate of drug-likeness (QED) is 0.0475. The molecule has 0 saturated carbocycles. The Labute approximate surface area is 410 Å². The smallest absolute Gasteiger partial charge is 0.246 e. The maximum Gasteiger partial charge on any atom is 0.246 e. The standard InChI is InChI=1S/C45H79N15O10/c1-24(2)34-42(68)57-31(16-11-21-50-45(48)49)40(66)56-30(15-8-10-20-47)39(65)55-29(14-7-9-19-46)38(64)52-25(3)36(62)54-28(6)43(69)60-23-13-18-33(60)44(70)59-22-12-17-32(59)41(67)53-26(4)35(61)51-27(5)37(63)58-34/h24-34H,7-23,46-47H2,1-6H3,(H,51,61)(H,52,64)(H,53,67)(H,54,62)(H,55,65)(H,56,66)(H,57,68)(H,58,63)(H4,48,49,50)/t25-,26-,27-,28-,29-,30-,31-,32-,33+,34-/m0/s1. The Bertz CT molecular complexity index is 1900. The van der Waals surface area contributed by atoms with E-state index >= 15 is 0 Å². The van der Waals surface area contributed by atoms with Gasteiger partial charge in [-0.25, -0.2) is 0 Å². The minimum absolute atomic E-state index is 0.0139. The molecular formula is C45H79N15O10. The number of nitrogens with two attached hydrogens (primary N) is 4. The molecule has 10 atom stereocenters. The van der Waals surface area contributed by atoms with E-state index in [0.29, 0.717) is 57.9 Å². The van der Waals surface area contributed by atoms with E-state index in [1.54, 1.807) is 13.8 Å². The van der Waals surface area contributed by atoms with Gasteiger partial charge in [0.2, 0.25) is 59.1 Å². The first-order valence-corrected chi connectivity index (χ1v) is 24.6. The molecule has 0 aliphatic carbocycles. The number of aliphatic imine (C=N–C) groups is 1. The van der Waals surface area contributed by atoms with Gasteiger partial charge in [0.05, 0.1) is 0 Å². The van der Waals surface area contributed by atoms with Crippen LogP contribution in [-0.2, 0) is 47.9 Å². The molecule has 16 N–H and O–H groups in total. The van der Waals surface area contributed by atoms with Crippen LogP contribution in [0.1, 0.15) is 119 Å². The van der Waals surface area contributed by atoms with E-state index in [4.69, 9.17) is 22.9 Å². The predicted molar refractivity (Wildman–Crippen MR) is 258 cm³/mol. The number of unbranched alkanes of at least 4 members (excludes halogenated alkanes) is 2. The summed E-state index contributed by atoms with van der Waals surface area (Å²) in [5, 5.41) is 21.2. The van der Waals surface area contributed by atoms with Crippen molar-refractivity contribution in [3.63, 3.8) is 0 Å². The third-order valence-corrected chi connectivity index (χ3v) is 12.6. The van der Waals surface area contributed by atoms with Gasteiger partial charge >= 0.3 is 0 Å². The summed E-state index contributed by atoms with van der Waals surface area (Å²) in [7, 11) is 0. The average molecular weight is 990 g/mol. The summed E-state index contributed by atoms with van der Waals surface area (Å²) in [5.74, 6) is -7.48. The van der Waals surface area contributed by atoms with Crippen LogP contribution in [0.25, 0.3) is 0 Å². The minimum atomic E-state index is -1.29. The third-order valence-electron chi connectivity index (χ3n) is 12.6. The van der Waals surface area contributed by atoms with Crippen molar-refractivity contribution in [2.24, 2.45) is 33.8 Å². The van der Waals surface area contributed by atoms with Crippen LogP contribution in [0, 0.1) is 5.92 Å². The van der Waals surface area contributed by atoms with Crippen LogP contribution in [0.3, 0.4) is 0 Å². The van der Waals surface area contributed by atoms with Crippen LogP contribution in [0.4, 0.5) is 0 Å². The third kappa shape index (κ3) is 17.4. The van der Waals surface area contributed by atoms with Crippen molar-refractivity contribution in [2.45, 2.75) is 179 Å². The van der Waals surface area contributed by atoms with Crippen LogP contribution in [-0.4, -0.2) is 168 Å². The van der Waals surface area contributed by atoms with E-state index in [1.165, 1.54) is 37.5 Å². The van der Waals surface area contributed by atoms with Gasteiger partial charge in [-0.3, -0.25) is 52.9 Å². The second kappa shape index (κ2) is 28.5. The number of hydrogen-bond donors (Lipinski definition) is 12. The molecule has 0 aromatic carbocycles. The number of amides is 10. The van der Waals surface area contributed by atoms with Crippen molar-refractivity contribution in [1.29, 1.82) is 0 Å². The lowest BCUT2D eigenvalue weighted by atomic mass is 10.0. The van der Waals surface area contributed by atoms with E-state index in [9.17, 15) is 47.9 Å². The molecule has 0 unspecified atom stereocenters. The number of carbonyl (C=O) groups is 10.